The second-order valence-corrected chi connectivity index (χ2v) is 7.73. The number of thiophene rings is 1. The van der Waals surface area contributed by atoms with Gasteiger partial charge in [0.2, 0.25) is 5.82 Å². The van der Waals surface area contributed by atoms with E-state index in [4.69, 9.17) is 0 Å². The molecule has 0 radical (unpaired) electrons. The third kappa shape index (κ3) is 3.66. The highest BCUT2D eigenvalue weighted by Crippen LogP contribution is 2.38. The first kappa shape index (κ1) is 18.9. The van der Waals surface area contributed by atoms with E-state index in [2.05, 4.69) is 53.4 Å². The van der Waals surface area contributed by atoms with E-state index in [0.717, 1.165) is 33.5 Å². The quantitative estimate of drug-likeness (QED) is 0.311. The molecule has 0 fully saturated rings. The summed E-state index contributed by atoms with van der Waals surface area (Å²) in [7, 11) is 0. The highest BCUT2D eigenvalue weighted by atomic mass is 32.1. The van der Waals surface area contributed by atoms with Gasteiger partial charge in [-0.05, 0) is 23.1 Å². The Morgan fingerprint density at radius 1 is 1.14 bits per heavy atom. The minimum absolute atomic E-state index is 0.375. The predicted octanol–water partition coefficient (Wildman–Crippen LogP) is 6.27. The van der Waals surface area contributed by atoms with Crippen LogP contribution in [0.1, 0.15) is 25.3 Å². The van der Waals surface area contributed by atoms with Crippen LogP contribution < -0.4 is 5.32 Å². The molecule has 2 aromatic carbocycles. The maximum absolute atomic E-state index is 14.0. The molecule has 0 amide bonds. The van der Waals surface area contributed by atoms with Crippen LogP contribution in [0.2, 0.25) is 0 Å². The first-order valence-electron chi connectivity index (χ1n) is 8.97. The monoisotopic (exact) mass is 408 g/mol. The largest absolute Gasteiger partial charge is 0.339 e. The van der Waals surface area contributed by atoms with Crippen molar-refractivity contribution in [1.29, 1.82) is 0 Å². The fraction of sp³-hybridized carbons (Fsp3) is 0.143. The Morgan fingerprint density at radius 3 is 2.55 bits per heavy atom. The zero-order valence-electron chi connectivity index (χ0n) is 15.7. The maximum atomic E-state index is 14.0. The summed E-state index contributed by atoms with van der Waals surface area (Å²) in [6.07, 6.45) is 1.44. The van der Waals surface area contributed by atoms with E-state index in [1.165, 1.54) is 29.3 Å². The summed E-state index contributed by atoms with van der Waals surface area (Å²) < 4.78 is 14.0. The number of nitrogens with one attached hydrogen (secondary N) is 1. The van der Waals surface area contributed by atoms with Crippen molar-refractivity contribution in [2.24, 2.45) is 0 Å². The second-order valence-electron chi connectivity index (χ2n) is 6.88. The van der Waals surface area contributed by atoms with Crippen LogP contribution in [0.4, 0.5) is 21.6 Å². The smallest absolute Gasteiger partial charge is 0.304 e. The van der Waals surface area contributed by atoms with Gasteiger partial charge in [0.15, 0.2) is 0 Å². The van der Waals surface area contributed by atoms with Crippen LogP contribution in [0, 0.1) is 15.9 Å². The number of anilines is 2. The summed E-state index contributed by atoms with van der Waals surface area (Å²) >= 11 is 1.50. The average Bonchev–Trinajstić information content (AvgIpc) is 3.13. The van der Waals surface area contributed by atoms with Crippen LogP contribution in [0.25, 0.3) is 21.3 Å². The summed E-state index contributed by atoms with van der Waals surface area (Å²) in [4.78, 5) is 19.5. The van der Waals surface area contributed by atoms with Crippen molar-refractivity contribution in [3.63, 3.8) is 0 Å². The van der Waals surface area contributed by atoms with E-state index in [0.29, 0.717) is 17.4 Å². The summed E-state index contributed by atoms with van der Waals surface area (Å²) in [5.74, 6) is 0.0634. The SMILES string of the molecule is CC(C)c1ccc(-c2csc3ncnc(Nc4ccc([N+](=O)[O-])c(F)c4)c23)cc1. The van der Waals surface area contributed by atoms with E-state index >= 15 is 0 Å². The molecule has 2 aromatic heterocycles. The Morgan fingerprint density at radius 2 is 1.90 bits per heavy atom. The number of nitro benzene ring substituents is 1. The van der Waals surface area contributed by atoms with Gasteiger partial charge in [-0.15, -0.1) is 11.3 Å². The Labute approximate surface area is 170 Å². The van der Waals surface area contributed by atoms with Crippen molar-refractivity contribution in [1.82, 2.24) is 9.97 Å². The number of nitrogens with zero attached hydrogens (tertiary/aromatic N) is 3. The van der Waals surface area contributed by atoms with Crippen LogP contribution >= 0.6 is 11.3 Å². The average molecular weight is 408 g/mol. The lowest BCUT2D eigenvalue weighted by molar-refractivity contribution is -0.387. The van der Waals surface area contributed by atoms with E-state index < -0.39 is 16.4 Å². The Kier molecular flexibility index (Phi) is 4.94. The first-order chi connectivity index (χ1) is 13.9. The molecule has 0 aliphatic carbocycles. The first-order valence-corrected chi connectivity index (χ1v) is 9.85. The lowest BCUT2D eigenvalue weighted by Crippen LogP contribution is -1.98. The summed E-state index contributed by atoms with van der Waals surface area (Å²) in [5, 5.41) is 16.7. The summed E-state index contributed by atoms with van der Waals surface area (Å²) in [6, 6.07) is 12.0. The molecule has 8 heteroatoms. The zero-order valence-corrected chi connectivity index (χ0v) is 16.5. The molecule has 0 saturated carbocycles. The lowest BCUT2D eigenvalue weighted by atomic mass is 9.99. The van der Waals surface area contributed by atoms with Gasteiger partial charge < -0.3 is 5.32 Å². The molecule has 4 rings (SSSR count). The van der Waals surface area contributed by atoms with Gasteiger partial charge in [-0.1, -0.05) is 38.1 Å². The van der Waals surface area contributed by atoms with Gasteiger partial charge in [-0.25, -0.2) is 9.97 Å². The third-order valence-corrected chi connectivity index (χ3v) is 5.55. The molecular formula is C21H17FN4O2S. The van der Waals surface area contributed by atoms with Crippen LogP contribution in [0.15, 0.2) is 54.2 Å². The third-order valence-electron chi connectivity index (χ3n) is 4.67. The highest BCUT2D eigenvalue weighted by molar-refractivity contribution is 7.17. The highest BCUT2D eigenvalue weighted by Gasteiger charge is 2.17. The Hall–Kier alpha value is -3.39. The molecular weight excluding hydrogens is 391 g/mol. The molecule has 29 heavy (non-hydrogen) atoms. The van der Waals surface area contributed by atoms with Gasteiger partial charge in [0.25, 0.3) is 0 Å². The number of benzene rings is 2. The maximum Gasteiger partial charge on any atom is 0.304 e. The molecule has 0 atom stereocenters. The van der Waals surface area contributed by atoms with Gasteiger partial charge in [0.05, 0.1) is 10.3 Å². The van der Waals surface area contributed by atoms with Crippen molar-refractivity contribution in [2.75, 3.05) is 5.32 Å². The second kappa shape index (κ2) is 7.56. The predicted molar refractivity (Wildman–Crippen MR) is 113 cm³/mol. The summed E-state index contributed by atoms with van der Waals surface area (Å²) in [5.41, 5.74) is 3.08. The molecule has 4 aromatic rings. The zero-order chi connectivity index (χ0) is 20.5. The van der Waals surface area contributed by atoms with E-state index in [1.54, 1.807) is 0 Å². The molecule has 2 heterocycles. The number of rotatable bonds is 5. The molecule has 0 bridgehead atoms. The molecule has 1 N–H and O–H groups in total. The number of hydrogen-bond donors (Lipinski definition) is 1. The minimum Gasteiger partial charge on any atom is -0.339 e. The fourth-order valence-electron chi connectivity index (χ4n) is 3.10. The fourth-order valence-corrected chi connectivity index (χ4v) is 4.02. The van der Waals surface area contributed by atoms with Crippen molar-refractivity contribution < 1.29 is 9.31 Å². The number of nitro groups is 1. The summed E-state index contributed by atoms with van der Waals surface area (Å²) in [6.45, 7) is 4.29. The molecule has 0 aliphatic rings. The van der Waals surface area contributed by atoms with Crippen LogP contribution in [0.3, 0.4) is 0 Å². The van der Waals surface area contributed by atoms with Gasteiger partial charge in [0.1, 0.15) is 17.0 Å². The van der Waals surface area contributed by atoms with Crippen LogP contribution in [0.5, 0.6) is 0 Å². The number of hydrogen-bond acceptors (Lipinski definition) is 6. The molecule has 6 nitrogen and oxygen atoms in total. The van der Waals surface area contributed by atoms with Crippen molar-refractivity contribution in [3.05, 3.63) is 75.7 Å². The van der Waals surface area contributed by atoms with Gasteiger partial charge in [-0.2, -0.15) is 4.39 Å². The Balaban J connectivity index is 1.75. The van der Waals surface area contributed by atoms with Gasteiger partial charge in [-0.3, -0.25) is 10.1 Å². The van der Waals surface area contributed by atoms with Crippen LogP contribution in [-0.4, -0.2) is 14.9 Å². The minimum atomic E-state index is -0.903. The molecule has 0 spiro atoms. The topological polar surface area (TPSA) is 81.0 Å². The van der Waals surface area contributed by atoms with Crippen LogP contribution in [-0.2, 0) is 0 Å². The molecule has 0 saturated heterocycles. The Bertz CT molecular complexity index is 1210. The number of halogens is 1. The van der Waals surface area contributed by atoms with E-state index in [1.807, 2.05) is 5.38 Å². The number of aromatic nitrogens is 2. The normalized spacial score (nSPS) is 11.2. The van der Waals surface area contributed by atoms with E-state index in [9.17, 15) is 14.5 Å². The van der Waals surface area contributed by atoms with Gasteiger partial charge >= 0.3 is 5.69 Å². The van der Waals surface area contributed by atoms with Gasteiger partial charge in [0, 0.05) is 28.8 Å². The standard InChI is InChI=1S/C21H17FN4O2S/c1-12(2)13-3-5-14(6-4-13)16-10-29-21-19(16)20(23-11-24-21)25-15-7-8-18(26(27)28)17(22)9-15/h3-12H,1-2H3,(H,23,24,25). The molecule has 0 aliphatic heterocycles. The molecule has 0 unspecified atom stereocenters. The van der Waals surface area contributed by atoms with Crippen molar-refractivity contribution in [2.45, 2.75) is 19.8 Å². The van der Waals surface area contributed by atoms with E-state index in [-0.39, 0.29) is 0 Å². The van der Waals surface area contributed by atoms with Crippen molar-refractivity contribution in [3.8, 4) is 11.1 Å². The van der Waals surface area contributed by atoms with Crippen molar-refractivity contribution >= 4 is 38.7 Å². The lowest BCUT2D eigenvalue weighted by Gasteiger charge is -2.10. The molecule has 146 valence electrons. The number of fused-ring (bicyclic) bond motifs is 1.